The average molecular weight is 189 g/mol. The van der Waals surface area contributed by atoms with Gasteiger partial charge in [0.15, 0.2) is 5.95 Å². The number of rotatable bonds is 4. The highest BCUT2D eigenvalue weighted by Gasteiger charge is 2.14. The second-order valence-electron chi connectivity index (χ2n) is 3.16. The first-order valence-electron chi connectivity index (χ1n) is 4.31. The van der Waals surface area contributed by atoms with E-state index in [2.05, 4.69) is 6.58 Å². The van der Waals surface area contributed by atoms with E-state index in [1.165, 1.54) is 11.8 Å². The predicted molar refractivity (Wildman–Crippen MR) is 51.8 cm³/mol. The molecule has 0 bridgehead atoms. The van der Waals surface area contributed by atoms with Gasteiger partial charge in [0.1, 0.15) is 6.17 Å². The Kier molecular flexibility index (Phi) is 4.67. The molecule has 0 saturated carbocycles. The quantitative estimate of drug-likeness (QED) is 0.485. The monoisotopic (exact) mass is 189 g/mol. The minimum Gasteiger partial charge on any atom is -0.354 e. The van der Waals surface area contributed by atoms with Crippen LogP contribution in [0.4, 0.5) is 8.78 Å². The van der Waals surface area contributed by atoms with E-state index < -0.39 is 12.1 Å². The largest absolute Gasteiger partial charge is 0.354 e. The number of halogens is 2. The van der Waals surface area contributed by atoms with Gasteiger partial charge in [0, 0.05) is 19.7 Å². The number of hydrogen-bond donors (Lipinski definition) is 0. The molecule has 0 rings (SSSR count). The van der Waals surface area contributed by atoms with Gasteiger partial charge in [0.2, 0.25) is 0 Å². The molecule has 0 spiro atoms. The van der Waals surface area contributed by atoms with Gasteiger partial charge < -0.3 is 4.90 Å². The molecule has 0 amide bonds. The summed E-state index contributed by atoms with van der Waals surface area (Å²) in [6, 6.07) is 0. The van der Waals surface area contributed by atoms with Crippen LogP contribution in [0.15, 0.2) is 23.7 Å². The minimum atomic E-state index is -1.19. The highest BCUT2D eigenvalue weighted by molar-refractivity contribution is 5.32. The molecule has 0 aromatic heterocycles. The highest BCUT2D eigenvalue weighted by Crippen LogP contribution is 2.23. The van der Waals surface area contributed by atoms with Gasteiger partial charge in [-0.05, 0) is 18.9 Å². The van der Waals surface area contributed by atoms with Crippen molar-refractivity contribution in [1.82, 2.24) is 4.90 Å². The number of alkyl halides is 1. The summed E-state index contributed by atoms with van der Waals surface area (Å²) in [5, 5.41) is 0. The van der Waals surface area contributed by atoms with Gasteiger partial charge in [-0.1, -0.05) is 13.5 Å². The molecule has 1 nitrogen and oxygen atoms in total. The van der Waals surface area contributed by atoms with E-state index in [-0.39, 0.29) is 5.57 Å². The molecule has 0 fully saturated rings. The Bertz CT molecular complexity index is 217. The third-order valence-corrected chi connectivity index (χ3v) is 1.86. The first-order valence-corrected chi connectivity index (χ1v) is 4.31. The van der Waals surface area contributed by atoms with Crippen molar-refractivity contribution in [3.63, 3.8) is 0 Å². The molecular formula is C10H17F2N. The fraction of sp³-hybridized carbons (Fsp3) is 0.600. The van der Waals surface area contributed by atoms with Crippen molar-refractivity contribution in [1.29, 1.82) is 0 Å². The van der Waals surface area contributed by atoms with Crippen LogP contribution in [-0.2, 0) is 0 Å². The predicted octanol–water partition coefficient (Wildman–Crippen LogP) is 3.05. The van der Waals surface area contributed by atoms with Crippen LogP contribution in [0.2, 0.25) is 0 Å². The first-order chi connectivity index (χ1) is 5.91. The molecule has 0 aliphatic carbocycles. The van der Waals surface area contributed by atoms with Crippen LogP contribution in [0.1, 0.15) is 20.3 Å². The van der Waals surface area contributed by atoms with Gasteiger partial charge >= 0.3 is 0 Å². The molecule has 13 heavy (non-hydrogen) atoms. The number of allylic oxidation sites excluding steroid dienone is 2. The van der Waals surface area contributed by atoms with E-state index in [4.69, 9.17) is 0 Å². The molecule has 0 aromatic carbocycles. The lowest BCUT2D eigenvalue weighted by Crippen LogP contribution is -2.12. The van der Waals surface area contributed by atoms with Crippen LogP contribution in [0.5, 0.6) is 0 Å². The van der Waals surface area contributed by atoms with Gasteiger partial charge in [-0.2, -0.15) is 4.39 Å². The van der Waals surface area contributed by atoms with Crippen molar-refractivity contribution in [2.45, 2.75) is 26.4 Å². The van der Waals surface area contributed by atoms with E-state index in [0.717, 1.165) is 0 Å². The Labute approximate surface area is 78.7 Å². The summed E-state index contributed by atoms with van der Waals surface area (Å²) >= 11 is 0. The highest BCUT2D eigenvalue weighted by atomic mass is 19.1. The standard InChI is InChI=1S/C10H17F2N/c1-6-9(7(2)8(3)11)10(12)13(4)5/h8H,2,6H2,1,3-5H3/b10-9-. The Morgan fingerprint density at radius 3 is 2.15 bits per heavy atom. The average Bonchev–Trinajstić information content (AvgIpc) is 2.04. The van der Waals surface area contributed by atoms with Crippen LogP contribution in [-0.4, -0.2) is 25.2 Å². The van der Waals surface area contributed by atoms with E-state index in [1.807, 2.05) is 0 Å². The zero-order valence-corrected chi connectivity index (χ0v) is 8.69. The summed E-state index contributed by atoms with van der Waals surface area (Å²) in [6.07, 6.45) is -0.738. The Morgan fingerprint density at radius 2 is 1.92 bits per heavy atom. The topological polar surface area (TPSA) is 3.24 Å². The third kappa shape index (κ3) is 3.17. The van der Waals surface area contributed by atoms with Crippen LogP contribution in [0.3, 0.4) is 0 Å². The SMILES string of the molecule is C=C(/C(CC)=C(/F)N(C)C)C(C)F. The van der Waals surface area contributed by atoms with Crippen molar-refractivity contribution < 1.29 is 8.78 Å². The Hall–Kier alpha value is -0.860. The van der Waals surface area contributed by atoms with Crippen LogP contribution in [0.25, 0.3) is 0 Å². The summed E-state index contributed by atoms with van der Waals surface area (Å²) in [4.78, 5) is 1.33. The minimum absolute atomic E-state index is 0.230. The molecule has 0 N–H and O–H groups in total. The molecule has 0 aliphatic heterocycles. The van der Waals surface area contributed by atoms with Gasteiger partial charge in [-0.25, -0.2) is 4.39 Å². The van der Waals surface area contributed by atoms with Crippen molar-refractivity contribution in [2.75, 3.05) is 14.1 Å². The normalized spacial score (nSPS) is 14.9. The second kappa shape index (κ2) is 5.00. The summed E-state index contributed by atoms with van der Waals surface area (Å²) < 4.78 is 26.2. The molecule has 1 atom stereocenters. The van der Waals surface area contributed by atoms with E-state index >= 15 is 0 Å². The van der Waals surface area contributed by atoms with Crippen molar-refractivity contribution >= 4 is 0 Å². The van der Waals surface area contributed by atoms with Crippen molar-refractivity contribution in [2.24, 2.45) is 0 Å². The van der Waals surface area contributed by atoms with Crippen LogP contribution in [0, 0.1) is 0 Å². The summed E-state index contributed by atoms with van der Waals surface area (Å²) in [5.74, 6) is -0.406. The number of hydrogen-bond acceptors (Lipinski definition) is 1. The second-order valence-corrected chi connectivity index (χ2v) is 3.16. The van der Waals surface area contributed by atoms with Gasteiger partial charge in [-0.3, -0.25) is 0 Å². The molecular weight excluding hydrogens is 172 g/mol. The Morgan fingerprint density at radius 1 is 1.46 bits per heavy atom. The number of nitrogens with zero attached hydrogens (tertiary/aromatic N) is 1. The third-order valence-electron chi connectivity index (χ3n) is 1.86. The maximum Gasteiger partial charge on any atom is 0.192 e. The fourth-order valence-corrected chi connectivity index (χ4v) is 1.02. The van der Waals surface area contributed by atoms with Gasteiger partial charge in [0.05, 0.1) is 0 Å². The van der Waals surface area contributed by atoms with Gasteiger partial charge in [0.25, 0.3) is 0 Å². The van der Waals surface area contributed by atoms with E-state index in [1.54, 1.807) is 21.0 Å². The van der Waals surface area contributed by atoms with E-state index in [0.29, 0.717) is 12.0 Å². The van der Waals surface area contributed by atoms with Crippen molar-refractivity contribution in [3.8, 4) is 0 Å². The molecule has 0 heterocycles. The molecule has 76 valence electrons. The molecule has 0 radical (unpaired) electrons. The first kappa shape index (κ1) is 12.1. The van der Waals surface area contributed by atoms with Gasteiger partial charge in [-0.15, -0.1) is 0 Å². The lowest BCUT2D eigenvalue weighted by Gasteiger charge is -2.16. The smallest absolute Gasteiger partial charge is 0.192 e. The zero-order chi connectivity index (χ0) is 10.6. The summed E-state index contributed by atoms with van der Waals surface area (Å²) in [5.41, 5.74) is 0.591. The molecule has 0 aromatic rings. The lowest BCUT2D eigenvalue weighted by molar-refractivity contribution is 0.357. The van der Waals surface area contributed by atoms with E-state index in [9.17, 15) is 8.78 Å². The zero-order valence-electron chi connectivity index (χ0n) is 8.69. The molecule has 3 heteroatoms. The van der Waals surface area contributed by atoms with Crippen LogP contribution < -0.4 is 0 Å². The fourth-order valence-electron chi connectivity index (χ4n) is 1.02. The maximum absolute atomic E-state index is 13.4. The Balaban J connectivity index is 4.88. The molecule has 0 aliphatic rings. The molecule has 0 saturated heterocycles. The summed E-state index contributed by atoms with van der Waals surface area (Å²) in [6.45, 7) is 6.68. The van der Waals surface area contributed by atoms with Crippen molar-refractivity contribution in [3.05, 3.63) is 23.7 Å². The summed E-state index contributed by atoms with van der Waals surface area (Å²) in [7, 11) is 3.17. The molecule has 1 unspecified atom stereocenters. The van der Waals surface area contributed by atoms with Crippen LogP contribution >= 0.6 is 0 Å². The maximum atomic E-state index is 13.4. The lowest BCUT2D eigenvalue weighted by atomic mass is 10.0.